The summed E-state index contributed by atoms with van der Waals surface area (Å²) in [6, 6.07) is 10.7. The minimum absolute atomic E-state index is 0.0944. The van der Waals surface area contributed by atoms with E-state index >= 15 is 0 Å². The first-order chi connectivity index (χ1) is 7.77. The quantitative estimate of drug-likeness (QED) is 0.556. The summed E-state index contributed by atoms with van der Waals surface area (Å²) >= 11 is 6.01. The molecule has 3 rings (SSSR count). The lowest BCUT2D eigenvalue weighted by molar-refractivity contribution is 1.08. The Labute approximate surface area is 95.9 Å². The number of rotatable bonds is 0. The molecule has 2 heterocycles. The molecular weight excluding hydrogens is 224 g/mol. The van der Waals surface area contributed by atoms with Gasteiger partial charge in [-0.05, 0) is 24.3 Å². The van der Waals surface area contributed by atoms with Crippen LogP contribution < -0.4 is 5.56 Å². The van der Waals surface area contributed by atoms with Crippen LogP contribution in [0, 0.1) is 0 Å². The maximum absolute atomic E-state index is 12.1. The van der Waals surface area contributed by atoms with E-state index in [4.69, 9.17) is 11.6 Å². The number of para-hydroxylation sites is 1. The highest BCUT2D eigenvalue weighted by Gasteiger charge is 2.06. The second-order valence-corrected chi connectivity index (χ2v) is 3.89. The van der Waals surface area contributed by atoms with E-state index in [0.717, 1.165) is 0 Å². The summed E-state index contributed by atoms with van der Waals surface area (Å²) in [7, 11) is 0. The van der Waals surface area contributed by atoms with Crippen LogP contribution in [0.25, 0.3) is 16.6 Å². The van der Waals surface area contributed by atoms with Crippen LogP contribution in [-0.2, 0) is 0 Å². The fourth-order valence-electron chi connectivity index (χ4n) is 1.74. The molecule has 16 heavy (non-hydrogen) atoms. The molecule has 0 spiro atoms. The van der Waals surface area contributed by atoms with Gasteiger partial charge in [-0.15, -0.1) is 0 Å². The van der Waals surface area contributed by atoms with Crippen molar-refractivity contribution in [2.75, 3.05) is 0 Å². The number of hydrogen-bond acceptors (Lipinski definition) is 2. The Morgan fingerprint density at radius 1 is 1.12 bits per heavy atom. The van der Waals surface area contributed by atoms with Crippen molar-refractivity contribution in [3.8, 4) is 0 Å². The average molecular weight is 231 g/mol. The Kier molecular flexibility index (Phi) is 1.94. The van der Waals surface area contributed by atoms with E-state index in [9.17, 15) is 4.79 Å². The van der Waals surface area contributed by atoms with Crippen molar-refractivity contribution in [2.45, 2.75) is 0 Å². The minimum atomic E-state index is -0.0944. The van der Waals surface area contributed by atoms with E-state index in [1.54, 1.807) is 30.5 Å². The van der Waals surface area contributed by atoms with Crippen LogP contribution in [0.15, 0.2) is 47.4 Å². The van der Waals surface area contributed by atoms with Crippen LogP contribution in [0.4, 0.5) is 0 Å². The Morgan fingerprint density at radius 2 is 1.94 bits per heavy atom. The summed E-state index contributed by atoms with van der Waals surface area (Å²) < 4.78 is 1.46. The molecule has 0 atom stereocenters. The Balaban J connectivity index is 2.67. The van der Waals surface area contributed by atoms with E-state index in [1.807, 2.05) is 12.1 Å². The summed E-state index contributed by atoms with van der Waals surface area (Å²) in [4.78, 5) is 16.5. The van der Waals surface area contributed by atoms with Gasteiger partial charge in [0.05, 0.1) is 15.9 Å². The number of fused-ring (bicyclic) bond motifs is 2. The van der Waals surface area contributed by atoms with Crippen molar-refractivity contribution >= 4 is 28.2 Å². The Morgan fingerprint density at radius 3 is 2.81 bits per heavy atom. The third-order valence-corrected chi connectivity index (χ3v) is 2.79. The molecule has 0 fully saturated rings. The summed E-state index contributed by atoms with van der Waals surface area (Å²) in [6.07, 6.45) is 1.67. The van der Waals surface area contributed by atoms with E-state index in [1.165, 1.54) is 4.40 Å². The Bertz CT molecular complexity index is 749. The van der Waals surface area contributed by atoms with Crippen molar-refractivity contribution in [3.63, 3.8) is 0 Å². The van der Waals surface area contributed by atoms with Gasteiger partial charge in [0.15, 0.2) is 5.65 Å². The SMILES string of the molecule is O=c1c2ccccc2nc2c(Cl)cccn12. The van der Waals surface area contributed by atoms with E-state index < -0.39 is 0 Å². The van der Waals surface area contributed by atoms with E-state index in [0.29, 0.717) is 21.6 Å². The van der Waals surface area contributed by atoms with Crippen molar-refractivity contribution < 1.29 is 0 Å². The zero-order valence-electron chi connectivity index (χ0n) is 8.22. The van der Waals surface area contributed by atoms with E-state index in [-0.39, 0.29) is 5.56 Å². The predicted molar refractivity (Wildman–Crippen MR) is 64.0 cm³/mol. The zero-order valence-corrected chi connectivity index (χ0v) is 8.98. The van der Waals surface area contributed by atoms with Crippen LogP contribution in [0.3, 0.4) is 0 Å². The molecule has 0 unspecified atom stereocenters. The van der Waals surface area contributed by atoms with Crippen LogP contribution >= 0.6 is 11.6 Å². The molecule has 0 amide bonds. The van der Waals surface area contributed by atoms with Gasteiger partial charge in [0.1, 0.15) is 0 Å². The molecule has 0 N–H and O–H groups in total. The average Bonchev–Trinajstić information content (AvgIpc) is 2.31. The summed E-state index contributed by atoms with van der Waals surface area (Å²) in [6.45, 7) is 0. The predicted octanol–water partition coefficient (Wildman–Crippen LogP) is 2.50. The monoisotopic (exact) mass is 230 g/mol. The van der Waals surface area contributed by atoms with Crippen molar-refractivity contribution in [3.05, 3.63) is 58.0 Å². The summed E-state index contributed by atoms with van der Waals surface area (Å²) in [5.41, 5.74) is 1.07. The fraction of sp³-hybridized carbons (Fsp3) is 0. The highest BCUT2D eigenvalue weighted by Crippen LogP contribution is 2.15. The van der Waals surface area contributed by atoms with Crippen LogP contribution in [-0.4, -0.2) is 9.38 Å². The largest absolute Gasteiger partial charge is 0.268 e. The van der Waals surface area contributed by atoms with Gasteiger partial charge < -0.3 is 0 Å². The number of hydrogen-bond donors (Lipinski definition) is 0. The van der Waals surface area contributed by atoms with Gasteiger partial charge in [-0.2, -0.15) is 0 Å². The lowest BCUT2D eigenvalue weighted by atomic mass is 10.2. The fourth-order valence-corrected chi connectivity index (χ4v) is 1.95. The molecule has 3 aromatic rings. The number of benzene rings is 1. The molecule has 78 valence electrons. The normalized spacial score (nSPS) is 11.1. The van der Waals surface area contributed by atoms with Crippen molar-refractivity contribution in [2.24, 2.45) is 0 Å². The first kappa shape index (κ1) is 9.36. The van der Waals surface area contributed by atoms with Gasteiger partial charge in [-0.25, -0.2) is 4.98 Å². The molecule has 0 saturated heterocycles. The third-order valence-electron chi connectivity index (χ3n) is 2.50. The molecule has 3 nitrogen and oxygen atoms in total. The standard InChI is InChI=1S/C12H7ClN2O/c13-9-5-3-7-15-11(9)14-10-6-2-1-4-8(10)12(15)16/h1-7H. The second-order valence-electron chi connectivity index (χ2n) is 3.48. The summed E-state index contributed by atoms with van der Waals surface area (Å²) in [5, 5.41) is 1.08. The van der Waals surface area contributed by atoms with Gasteiger partial charge >= 0.3 is 0 Å². The first-order valence-corrected chi connectivity index (χ1v) is 5.21. The van der Waals surface area contributed by atoms with Gasteiger partial charge in [0, 0.05) is 6.20 Å². The minimum Gasteiger partial charge on any atom is -0.268 e. The van der Waals surface area contributed by atoms with Crippen LogP contribution in [0.1, 0.15) is 0 Å². The number of aromatic nitrogens is 2. The molecule has 0 radical (unpaired) electrons. The van der Waals surface area contributed by atoms with Gasteiger partial charge in [0.25, 0.3) is 5.56 Å². The highest BCUT2D eigenvalue weighted by atomic mass is 35.5. The first-order valence-electron chi connectivity index (χ1n) is 4.83. The molecule has 4 heteroatoms. The highest BCUT2D eigenvalue weighted by molar-refractivity contribution is 6.33. The topological polar surface area (TPSA) is 34.4 Å². The number of halogens is 1. The number of nitrogens with zero attached hydrogens (tertiary/aromatic N) is 2. The molecule has 0 aliphatic heterocycles. The molecule has 0 saturated carbocycles. The van der Waals surface area contributed by atoms with Gasteiger partial charge in [0.2, 0.25) is 0 Å². The van der Waals surface area contributed by atoms with Crippen LogP contribution in [0.5, 0.6) is 0 Å². The maximum Gasteiger partial charge on any atom is 0.265 e. The second kappa shape index (κ2) is 3.32. The molecule has 2 aromatic heterocycles. The molecular formula is C12H7ClN2O. The lowest BCUT2D eigenvalue weighted by Crippen LogP contribution is -2.14. The Hall–Kier alpha value is -1.87. The summed E-state index contributed by atoms with van der Waals surface area (Å²) in [5.74, 6) is 0. The molecule has 0 aliphatic rings. The van der Waals surface area contributed by atoms with E-state index in [2.05, 4.69) is 4.98 Å². The van der Waals surface area contributed by atoms with Crippen LogP contribution in [0.2, 0.25) is 5.02 Å². The molecule has 0 aliphatic carbocycles. The van der Waals surface area contributed by atoms with Gasteiger partial charge in [-0.3, -0.25) is 9.20 Å². The smallest absolute Gasteiger partial charge is 0.265 e. The lowest BCUT2D eigenvalue weighted by Gasteiger charge is -2.03. The van der Waals surface area contributed by atoms with Crippen molar-refractivity contribution in [1.29, 1.82) is 0 Å². The van der Waals surface area contributed by atoms with Gasteiger partial charge in [-0.1, -0.05) is 23.7 Å². The molecule has 1 aromatic carbocycles. The maximum atomic E-state index is 12.1. The number of pyridine rings is 1. The molecule has 0 bridgehead atoms. The van der Waals surface area contributed by atoms with Crippen molar-refractivity contribution in [1.82, 2.24) is 9.38 Å². The zero-order chi connectivity index (χ0) is 11.1. The third kappa shape index (κ3) is 1.22.